The molecule has 0 aromatic carbocycles. The van der Waals surface area contributed by atoms with Gasteiger partial charge in [0.25, 0.3) is 0 Å². The van der Waals surface area contributed by atoms with E-state index in [-0.39, 0.29) is 11.9 Å². The van der Waals surface area contributed by atoms with Crippen molar-refractivity contribution in [3.8, 4) is 10.6 Å². The van der Waals surface area contributed by atoms with Crippen LogP contribution in [0.15, 0.2) is 23.7 Å². The molecule has 6 heteroatoms. The molecule has 0 spiro atoms. The van der Waals surface area contributed by atoms with Gasteiger partial charge in [0.1, 0.15) is 5.69 Å². The van der Waals surface area contributed by atoms with Crippen molar-refractivity contribution < 1.29 is 4.79 Å². The third kappa shape index (κ3) is 3.39. The summed E-state index contributed by atoms with van der Waals surface area (Å²) in [4.78, 5) is 18.3. The lowest BCUT2D eigenvalue weighted by atomic mass is 10.1. The second-order valence-electron chi connectivity index (χ2n) is 6.29. The molecule has 1 aliphatic heterocycles. The van der Waals surface area contributed by atoms with E-state index in [1.165, 1.54) is 10.4 Å². The Morgan fingerprint density at radius 2 is 2.21 bits per heavy atom. The Hall–Kier alpha value is -1.66. The summed E-state index contributed by atoms with van der Waals surface area (Å²) in [6, 6.07) is 4.18. The summed E-state index contributed by atoms with van der Waals surface area (Å²) >= 11 is 1.71. The van der Waals surface area contributed by atoms with Gasteiger partial charge in [0.05, 0.1) is 10.9 Å². The fourth-order valence-electron chi connectivity index (χ4n) is 3.53. The summed E-state index contributed by atoms with van der Waals surface area (Å²) < 4.78 is 1.88. The minimum Gasteiger partial charge on any atom is -0.342 e. The van der Waals surface area contributed by atoms with Gasteiger partial charge in [-0.05, 0) is 44.7 Å². The predicted molar refractivity (Wildman–Crippen MR) is 97.9 cm³/mol. The van der Waals surface area contributed by atoms with E-state index in [0.29, 0.717) is 0 Å². The molecule has 5 nitrogen and oxygen atoms in total. The smallest absolute Gasteiger partial charge is 0.239 e. The van der Waals surface area contributed by atoms with E-state index in [1.54, 1.807) is 11.3 Å². The van der Waals surface area contributed by atoms with Crippen LogP contribution >= 0.6 is 11.3 Å². The van der Waals surface area contributed by atoms with Crippen LogP contribution in [0.2, 0.25) is 0 Å². The summed E-state index contributed by atoms with van der Waals surface area (Å²) in [5, 5.41) is 6.72. The standard InChI is InChI=1S/C18H26N4OS/c1-4-21(5-2)18(23)15-8-6-10-22(15)13-14-12-20(3)19-17(14)16-9-7-11-24-16/h7,9,11-12,15H,4-6,8,10,13H2,1-3H3/t15-/m1/s1. The van der Waals surface area contributed by atoms with Crippen LogP contribution in [0.4, 0.5) is 0 Å². The van der Waals surface area contributed by atoms with E-state index < -0.39 is 0 Å². The van der Waals surface area contributed by atoms with Crippen molar-refractivity contribution in [1.82, 2.24) is 19.6 Å². The number of aromatic nitrogens is 2. The molecule has 1 fully saturated rings. The van der Waals surface area contributed by atoms with Crippen molar-refractivity contribution in [3.63, 3.8) is 0 Å². The van der Waals surface area contributed by atoms with Gasteiger partial charge in [0, 0.05) is 38.4 Å². The summed E-state index contributed by atoms with van der Waals surface area (Å²) in [5.74, 6) is 0.277. The maximum absolute atomic E-state index is 12.8. The molecule has 2 aromatic heterocycles. The average Bonchev–Trinajstić information content (AvgIpc) is 3.29. The van der Waals surface area contributed by atoms with Crippen molar-refractivity contribution in [1.29, 1.82) is 0 Å². The zero-order chi connectivity index (χ0) is 17.1. The quantitative estimate of drug-likeness (QED) is 0.807. The highest BCUT2D eigenvalue weighted by molar-refractivity contribution is 7.13. The van der Waals surface area contributed by atoms with Crippen molar-refractivity contribution >= 4 is 17.2 Å². The Labute approximate surface area is 147 Å². The molecule has 130 valence electrons. The number of carbonyl (C=O) groups excluding carboxylic acids is 1. The van der Waals surface area contributed by atoms with E-state index in [1.807, 2.05) is 16.6 Å². The number of rotatable bonds is 6. The number of nitrogens with zero attached hydrogens (tertiary/aromatic N) is 4. The molecule has 1 atom stereocenters. The average molecular weight is 346 g/mol. The monoisotopic (exact) mass is 346 g/mol. The molecule has 0 radical (unpaired) electrons. The second-order valence-corrected chi connectivity index (χ2v) is 7.24. The summed E-state index contributed by atoms with van der Waals surface area (Å²) in [6.45, 7) is 7.45. The number of likely N-dealkylation sites (tertiary alicyclic amines) is 1. The molecule has 0 unspecified atom stereocenters. The van der Waals surface area contributed by atoms with E-state index >= 15 is 0 Å². The largest absolute Gasteiger partial charge is 0.342 e. The van der Waals surface area contributed by atoms with Crippen LogP contribution in [-0.2, 0) is 18.4 Å². The lowest BCUT2D eigenvalue weighted by Crippen LogP contribution is -2.45. The first-order valence-electron chi connectivity index (χ1n) is 8.73. The van der Waals surface area contributed by atoms with Crippen LogP contribution in [0.1, 0.15) is 32.3 Å². The minimum absolute atomic E-state index is 0.0151. The summed E-state index contributed by atoms with van der Waals surface area (Å²) in [6.07, 6.45) is 4.14. The first kappa shape index (κ1) is 17.2. The van der Waals surface area contributed by atoms with Gasteiger partial charge in [-0.25, -0.2) is 0 Å². The Bertz CT molecular complexity index is 675. The van der Waals surface area contributed by atoms with Gasteiger partial charge >= 0.3 is 0 Å². The molecule has 0 N–H and O–H groups in total. The van der Waals surface area contributed by atoms with Gasteiger partial charge in [-0.1, -0.05) is 6.07 Å². The maximum atomic E-state index is 12.8. The normalized spacial score (nSPS) is 18.2. The fraction of sp³-hybridized carbons (Fsp3) is 0.556. The molecule has 0 saturated carbocycles. The topological polar surface area (TPSA) is 41.4 Å². The van der Waals surface area contributed by atoms with E-state index in [9.17, 15) is 4.79 Å². The molecule has 2 aromatic rings. The SMILES string of the molecule is CCN(CC)C(=O)[C@H]1CCCN1Cc1cn(C)nc1-c1cccs1. The number of amides is 1. The Balaban J connectivity index is 1.79. The van der Waals surface area contributed by atoms with Crippen molar-refractivity contribution in [2.24, 2.45) is 7.05 Å². The minimum atomic E-state index is 0.0151. The van der Waals surface area contributed by atoms with Crippen molar-refractivity contribution in [2.75, 3.05) is 19.6 Å². The number of aryl methyl sites for hydroxylation is 1. The third-order valence-corrected chi connectivity index (χ3v) is 5.63. The molecule has 24 heavy (non-hydrogen) atoms. The predicted octanol–water partition coefficient (Wildman–Crippen LogP) is 2.98. The molecule has 0 bridgehead atoms. The number of likely N-dealkylation sites (N-methyl/N-ethyl adjacent to an activating group) is 1. The maximum Gasteiger partial charge on any atom is 0.239 e. The molecule has 3 heterocycles. The Morgan fingerprint density at radius 3 is 2.88 bits per heavy atom. The van der Waals surface area contributed by atoms with E-state index in [0.717, 1.165) is 44.7 Å². The molecule has 1 aliphatic rings. The molecule has 3 rings (SSSR count). The van der Waals surface area contributed by atoms with Gasteiger partial charge in [0.15, 0.2) is 0 Å². The number of thiophene rings is 1. The van der Waals surface area contributed by atoms with Gasteiger partial charge in [-0.2, -0.15) is 5.10 Å². The second kappa shape index (κ2) is 7.49. The van der Waals surface area contributed by atoms with Gasteiger partial charge < -0.3 is 4.90 Å². The molecule has 0 aliphatic carbocycles. The highest BCUT2D eigenvalue weighted by atomic mass is 32.1. The third-order valence-electron chi connectivity index (χ3n) is 4.76. The lowest BCUT2D eigenvalue weighted by molar-refractivity contribution is -0.135. The van der Waals surface area contributed by atoms with Crippen LogP contribution < -0.4 is 0 Å². The Kier molecular flexibility index (Phi) is 5.36. The van der Waals surface area contributed by atoms with Crippen molar-refractivity contribution in [3.05, 3.63) is 29.3 Å². The first-order chi connectivity index (χ1) is 11.6. The van der Waals surface area contributed by atoms with Gasteiger partial charge in [-0.3, -0.25) is 14.4 Å². The van der Waals surface area contributed by atoms with Crippen LogP contribution in [0, 0.1) is 0 Å². The lowest BCUT2D eigenvalue weighted by Gasteiger charge is -2.28. The molecule has 1 amide bonds. The van der Waals surface area contributed by atoms with Gasteiger partial charge in [-0.15, -0.1) is 11.3 Å². The Morgan fingerprint density at radius 1 is 1.42 bits per heavy atom. The molecular formula is C18H26N4OS. The van der Waals surface area contributed by atoms with E-state index in [4.69, 9.17) is 0 Å². The zero-order valence-corrected chi connectivity index (χ0v) is 15.6. The first-order valence-corrected chi connectivity index (χ1v) is 9.61. The van der Waals surface area contributed by atoms with Crippen LogP contribution in [0.25, 0.3) is 10.6 Å². The van der Waals surface area contributed by atoms with Crippen molar-refractivity contribution in [2.45, 2.75) is 39.3 Å². The highest BCUT2D eigenvalue weighted by Crippen LogP contribution is 2.29. The summed E-state index contributed by atoms with van der Waals surface area (Å²) in [7, 11) is 1.96. The van der Waals surface area contributed by atoms with Crippen LogP contribution in [0.3, 0.4) is 0 Å². The van der Waals surface area contributed by atoms with Gasteiger partial charge in [0.2, 0.25) is 5.91 Å². The molecule has 1 saturated heterocycles. The zero-order valence-electron chi connectivity index (χ0n) is 14.7. The fourth-order valence-corrected chi connectivity index (χ4v) is 4.28. The van der Waals surface area contributed by atoms with Crippen LogP contribution in [0.5, 0.6) is 0 Å². The summed E-state index contributed by atoms with van der Waals surface area (Å²) in [5.41, 5.74) is 2.26. The van der Waals surface area contributed by atoms with Crippen LogP contribution in [-0.4, -0.2) is 51.2 Å². The number of carbonyl (C=O) groups is 1. The number of hydrogen-bond acceptors (Lipinski definition) is 4. The highest BCUT2D eigenvalue weighted by Gasteiger charge is 2.33. The van der Waals surface area contributed by atoms with E-state index in [2.05, 4.69) is 47.6 Å². The molecular weight excluding hydrogens is 320 g/mol. The number of hydrogen-bond donors (Lipinski definition) is 0.